The van der Waals surface area contributed by atoms with Crippen LogP contribution >= 0.6 is 0 Å². The molecule has 1 amide bonds. The Balaban J connectivity index is 2.78. The van der Waals surface area contributed by atoms with E-state index < -0.39 is 0 Å². The molecule has 14 heavy (non-hydrogen) atoms. The summed E-state index contributed by atoms with van der Waals surface area (Å²) in [7, 11) is 0. The Morgan fingerprint density at radius 1 is 1.64 bits per heavy atom. The fourth-order valence-electron chi connectivity index (χ4n) is 1.34. The van der Waals surface area contributed by atoms with Gasteiger partial charge in [-0.05, 0) is 19.9 Å². The summed E-state index contributed by atoms with van der Waals surface area (Å²) in [6.07, 6.45) is 1.53. The zero-order valence-corrected chi connectivity index (χ0v) is 8.62. The number of hydrogen-bond donors (Lipinski definition) is 1. The summed E-state index contributed by atoms with van der Waals surface area (Å²) >= 11 is 0. The molecule has 0 spiro atoms. The van der Waals surface area contributed by atoms with E-state index in [4.69, 9.17) is 10.2 Å². The van der Waals surface area contributed by atoms with Crippen molar-refractivity contribution in [1.29, 1.82) is 0 Å². The quantitative estimate of drug-likeness (QED) is 0.781. The number of carbonyl (C=O) groups excluding carboxylic acids is 1. The fourth-order valence-corrected chi connectivity index (χ4v) is 1.34. The maximum atomic E-state index is 11.9. The van der Waals surface area contributed by atoms with Crippen LogP contribution in [0.15, 0.2) is 16.7 Å². The number of carbonyl (C=O) groups is 1. The largest absolute Gasteiger partial charge is 0.469 e. The number of nitrogens with two attached hydrogens (primary N) is 1. The van der Waals surface area contributed by atoms with E-state index in [2.05, 4.69) is 0 Å². The van der Waals surface area contributed by atoms with Crippen LogP contribution in [0.5, 0.6) is 0 Å². The molecule has 0 unspecified atom stereocenters. The summed E-state index contributed by atoms with van der Waals surface area (Å²) in [4.78, 5) is 13.6. The van der Waals surface area contributed by atoms with Crippen molar-refractivity contribution in [3.63, 3.8) is 0 Å². The van der Waals surface area contributed by atoms with Crippen molar-refractivity contribution in [3.05, 3.63) is 23.7 Å². The van der Waals surface area contributed by atoms with Crippen LogP contribution in [-0.2, 0) is 0 Å². The predicted octanol–water partition coefficient (Wildman–Crippen LogP) is 1.01. The Morgan fingerprint density at radius 3 is 2.79 bits per heavy atom. The smallest absolute Gasteiger partial charge is 0.257 e. The van der Waals surface area contributed by atoms with Gasteiger partial charge in [0.2, 0.25) is 0 Å². The average molecular weight is 196 g/mol. The van der Waals surface area contributed by atoms with Gasteiger partial charge in [0.15, 0.2) is 0 Å². The third-order valence-corrected chi connectivity index (χ3v) is 2.16. The summed E-state index contributed by atoms with van der Waals surface area (Å²) in [5.41, 5.74) is 6.04. The third-order valence-electron chi connectivity index (χ3n) is 2.16. The molecule has 0 aliphatic heterocycles. The standard InChI is InChI=1S/C10H16N2O2/c1-3-12(6-5-11)10(13)9-4-7-14-8(9)2/h4,7H,3,5-6,11H2,1-2H3. The molecule has 78 valence electrons. The van der Waals surface area contributed by atoms with Gasteiger partial charge in [-0.2, -0.15) is 0 Å². The number of rotatable bonds is 4. The van der Waals surface area contributed by atoms with Crippen LogP contribution in [0, 0.1) is 6.92 Å². The van der Waals surface area contributed by atoms with E-state index in [1.165, 1.54) is 6.26 Å². The first-order valence-electron chi connectivity index (χ1n) is 4.74. The SMILES string of the molecule is CCN(CCN)C(=O)c1ccoc1C. The van der Waals surface area contributed by atoms with Crippen molar-refractivity contribution in [2.45, 2.75) is 13.8 Å². The normalized spacial score (nSPS) is 10.2. The van der Waals surface area contributed by atoms with Crippen LogP contribution in [0.25, 0.3) is 0 Å². The molecule has 0 aromatic carbocycles. The lowest BCUT2D eigenvalue weighted by Crippen LogP contribution is -2.35. The highest BCUT2D eigenvalue weighted by atomic mass is 16.3. The highest BCUT2D eigenvalue weighted by molar-refractivity contribution is 5.95. The number of amides is 1. The lowest BCUT2D eigenvalue weighted by molar-refractivity contribution is 0.0767. The van der Waals surface area contributed by atoms with Gasteiger partial charge < -0.3 is 15.1 Å². The lowest BCUT2D eigenvalue weighted by atomic mass is 10.2. The number of furan rings is 1. The Bertz CT molecular complexity index is 307. The summed E-state index contributed by atoms with van der Waals surface area (Å²) in [6.45, 7) is 5.45. The highest BCUT2D eigenvalue weighted by Crippen LogP contribution is 2.11. The van der Waals surface area contributed by atoms with Gasteiger partial charge in [0.1, 0.15) is 5.76 Å². The maximum Gasteiger partial charge on any atom is 0.257 e. The summed E-state index contributed by atoms with van der Waals surface area (Å²) < 4.78 is 5.08. The molecule has 1 aromatic heterocycles. The molecule has 4 heteroatoms. The molecule has 1 heterocycles. The highest BCUT2D eigenvalue weighted by Gasteiger charge is 2.16. The van der Waals surface area contributed by atoms with Crippen LogP contribution in [-0.4, -0.2) is 30.4 Å². The molecule has 1 rings (SSSR count). The van der Waals surface area contributed by atoms with E-state index in [1.54, 1.807) is 17.9 Å². The topological polar surface area (TPSA) is 59.5 Å². The monoisotopic (exact) mass is 196 g/mol. The maximum absolute atomic E-state index is 11.9. The molecule has 1 aromatic rings. The number of nitrogens with zero attached hydrogens (tertiary/aromatic N) is 1. The minimum Gasteiger partial charge on any atom is -0.469 e. The van der Waals surface area contributed by atoms with E-state index in [9.17, 15) is 4.79 Å². The van der Waals surface area contributed by atoms with Crippen molar-refractivity contribution < 1.29 is 9.21 Å². The minimum absolute atomic E-state index is 0.01000. The molecule has 0 fully saturated rings. The van der Waals surface area contributed by atoms with Gasteiger partial charge in [-0.15, -0.1) is 0 Å². The van der Waals surface area contributed by atoms with Gasteiger partial charge in [-0.1, -0.05) is 0 Å². The molecular weight excluding hydrogens is 180 g/mol. The first kappa shape index (κ1) is 10.8. The van der Waals surface area contributed by atoms with E-state index in [-0.39, 0.29) is 5.91 Å². The van der Waals surface area contributed by atoms with E-state index in [1.807, 2.05) is 6.92 Å². The van der Waals surface area contributed by atoms with Crippen LogP contribution in [0.1, 0.15) is 23.0 Å². The molecule has 0 saturated heterocycles. The zero-order chi connectivity index (χ0) is 10.6. The minimum atomic E-state index is -0.01000. The molecule has 0 saturated carbocycles. The van der Waals surface area contributed by atoms with Gasteiger partial charge in [0, 0.05) is 19.6 Å². The van der Waals surface area contributed by atoms with Crippen molar-refractivity contribution in [2.24, 2.45) is 5.73 Å². The second-order valence-electron chi connectivity index (χ2n) is 3.06. The Hall–Kier alpha value is -1.29. The molecular formula is C10H16N2O2. The Morgan fingerprint density at radius 2 is 2.36 bits per heavy atom. The summed E-state index contributed by atoms with van der Waals surface area (Å²) in [5.74, 6) is 0.648. The predicted molar refractivity (Wildman–Crippen MR) is 54.1 cm³/mol. The molecule has 0 bridgehead atoms. The van der Waals surface area contributed by atoms with Crippen LogP contribution in [0.4, 0.5) is 0 Å². The summed E-state index contributed by atoms with van der Waals surface area (Å²) in [6, 6.07) is 1.69. The molecule has 2 N–H and O–H groups in total. The first-order valence-corrected chi connectivity index (χ1v) is 4.74. The number of likely N-dealkylation sites (N-methyl/N-ethyl adjacent to an activating group) is 1. The second-order valence-corrected chi connectivity index (χ2v) is 3.06. The van der Waals surface area contributed by atoms with Crippen molar-refractivity contribution in [1.82, 2.24) is 4.90 Å². The van der Waals surface area contributed by atoms with Crippen molar-refractivity contribution in [3.8, 4) is 0 Å². The molecule has 0 aliphatic carbocycles. The van der Waals surface area contributed by atoms with Crippen LogP contribution in [0.2, 0.25) is 0 Å². The zero-order valence-electron chi connectivity index (χ0n) is 8.62. The first-order chi connectivity index (χ1) is 6.70. The fraction of sp³-hybridized carbons (Fsp3) is 0.500. The van der Waals surface area contributed by atoms with Crippen LogP contribution < -0.4 is 5.73 Å². The Labute approximate surface area is 83.7 Å². The Kier molecular flexibility index (Phi) is 3.71. The summed E-state index contributed by atoms with van der Waals surface area (Å²) in [5, 5.41) is 0. The van der Waals surface area contributed by atoms with Gasteiger partial charge in [-0.25, -0.2) is 0 Å². The van der Waals surface area contributed by atoms with Crippen molar-refractivity contribution in [2.75, 3.05) is 19.6 Å². The molecule has 0 atom stereocenters. The van der Waals surface area contributed by atoms with Gasteiger partial charge in [-0.3, -0.25) is 4.79 Å². The molecule has 0 radical (unpaired) electrons. The third kappa shape index (κ3) is 2.14. The van der Waals surface area contributed by atoms with Gasteiger partial charge >= 0.3 is 0 Å². The average Bonchev–Trinajstić information content (AvgIpc) is 2.59. The van der Waals surface area contributed by atoms with Gasteiger partial charge in [0.25, 0.3) is 5.91 Å². The molecule has 4 nitrogen and oxygen atoms in total. The van der Waals surface area contributed by atoms with Gasteiger partial charge in [0.05, 0.1) is 11.8 Å². The van der Waals surface area contributed by atoms with Crippen LogP contribution in [0.3, 0.4) is 0 Å². The molecule has 0 aliphatic rings. The number of hydrogen-bond acceptors (Lipinski definition) is 3. The lowest BCUT2D eigenvalue weighted by Gasteiger charge is -2.19. The number of aryl methyl sites for hydroxylation is 1. The van der Waals surface area contributed by atoms with E-state index >= 15 is 0 Å². The van der Waals surface area contributed by atoms with Crippen molar-refractivity contribution >= 4 is 5.91 Å². The second kappa shape index (κ2) is 4.81. The van der Waals surface area contributed by atoms with E-state index in [0.717, 1.165) is 0 Å². The van der Waals surface area contributed by atoms with E-state index in [0.29, 0.717) is 31.0 Å².